The molecule has 0 aromatic carbocycles. The van der Waals surface area contributed by atoms with E-state index in [4.69, 9.17) is 5.73 Å². The first-order chi connectivity index (χ1) is 8.53. The minimum Gasteiger partial charge on any atom is -0.372 e. The molecule has 0 aliphatic carbocycles. The first kappa shape index (κ1) is 15.7. The van der Waals surface area contributed by atoms with Gasteiger partial charge in [-0.05, 0) is 38.8 Å². The van der Waals surface area contributed by atoms with Crippen molar-refractivity contribution in [2.45, 2.75) is 44.3 Å². The maximum Gasteiger partial charge on any atom is 0.411 e. The highest BCUT2D eigenvalue weighted by Gasteiger charge is 2.27. The molecule has 1 rings (SSSR count). The second kappa shape index (κ2) is 7.96. The summed E-state index contributed by atoms with van der Waals surface area (Å²) in [5, 5.41) is 0. The third-order valence-corrected chi connectivity index (χ3v) is 3.25. The highest BCUT2D eigenvalue weighted by atomic mass is 19.4. The largest absolute Gasteiger partial charge is 0.411 e. The molecule has 2 N–H and O–H groups in total. The first-order valence-electron chi connectivity index (χ1n) is 6.61. The lowest BCUT2D eigenvalue weighted by Gasteiger charge is -2.35. The molecule has 0 saturated carbocycles. The average Bonchev–Trinajstić information content (AvgIpc) is 2.29. The number of piperidine rings is 1. The maximum atomic E-state index is 11.9. The standard InChI is InChI=1S/C12H23F3N2O/c13-12(14,15)10-18-9-3-8-17-7-2-1-4-11(17)5-6-16/h11H,1-10,16H2. The summed E-state index contributed by atoms with van der Waals surface area (Å²) >= 11 is 0. The molecule has 0 amide bonds. The van der Waals surface area contributed by atoms with Crippen molar-refractivity contribution in [2.24, 2.45) is 5.73 Å². The molecule has 1 fully saturated rings. The summed E-state index contributed by atoms with van der Waals surface area (Å²) in [4.78, 5) is 2.34. The fraction of sp³-hybridized carbons (Fsp3) is 1.00. The molecule has 0 spiro atoms. The van der Waals surface area contributed by atoms with E-state index in [-0.39, 0.29) is 6.61 Å². The van der Waals surface area contributed by atoms with E-state index in [1.807, 2.05) is 0 Å². The number of rotatable bonds is 7. The quantitative estimate of drug-likeness (QED) is 0.719. The number of alkyl halides is 3. The van der Waals surface area contributed by atoms with Gasteiger partial charge in [0.2, 0.25) is 0 Å². The molecule has 0 bridgehead atoms. The van der Waals surface area contributed by atoms with Crippen LogP contribution in [-0.2, 0) is 4.74 Å². The molecule has 0 aromatic heterocycles. The van der Waals surface area contributed by atoms with Crippen LogP contribution >= 0.6 is 0 Å². The van der Waals surface area contributed by atoms with Crippen molar-refractivity contribution < 1.29 is 17.9 Å². The number of hydrogen-bond donors (Lipinski definition) is 1. The molecule has 1 aliphatic rings. The Kier molecular flexibility index (Phi) is 6.96. The summed E-state index contributed by atoms with van der Waals surface area (Å²) in [6, 6.07) is 0.506. The summed E-state index contributed by atoms with van der Waals surface area (Å²) in [6.45, 7) is 1.54. The summed E-state index contributed by atoms with van der Waals surface area (Å²) < 4.78 is 40.2. The Morgan fingerprint density at radius 1 is 1.28 bits per heavy atom. The molecule has 1 unspecified atom stereocenters. The Bertz CT molecular complexity index is 222. The van der Waals surface area contributed by atoms with Crippen molar-refractivity contribution in [3.05, 3.63) is 0 Å². The topological polar surface area (TPSA) is 38.5 Å². The van der Waals surface area contributed by atoms with Crippen LogP contribution in [0.15, 0.2) is 0 Å². The molecule has 0 radical (unpaired) electrons. The van der Waals surface area contributed by atoms with E-state index < -0.39 is 12.8 Å². The monoisotopic (exact) mass is 268 g/mol. The van der Waals surface area contributed by atoms with Crippen LogP contribution in [0.4, 0.5) is 13.2 Å². The lowest BCUT2D eigenvalue weighted by molar-refractivity contribution is -0.174. The van der Waals surface area contributed by atoms with E-state index in [9.17, 15) is 13.2 Å². The van der Waals surface area contributed by atoms with Gasteiger partial charge in [0.05, 0.1) is 0 Å². The Balaban J connectivity index is 2.12. The minimum absolute atomic E-state index is 0.172. The van der Waals surface area contributed by atoms with Crippen molar-refractivity contribution in [1.29, 1.82) is 0 Å². The van der Waals surface area contributed by atoms with Crippen LogP contribution in [0.3, 0.4) is 0 Å². The predicted molar refractivity (Wildman–Crippen MR) is 64.4 cm³/mol. The number of likely N-dealkylation sites (tertiary alicyclic amines) is 1. The second-order valence-corrected chi connectivity index (χ2v) is 4.78. The molecular formula is C12H23F3N2O. The third kappa shape index (κ3) is 6.56. The number of hydrogen-bond acceptors (Lipinski definition) is 3. The molecule has 1 heterocycles. The van der Waals surface area contributed by atoms with Gasteiger partial charge >= 0.3 is 6.18 Å². The van der Waals surface area contributed by atoms with Crippen molar-refractivity contribution >= 4 is 0 Å². The first-order valence-corrected chi connectivity index (χ1v) is 6.61. The zero-order valence-corrected chi connectivity index (χ0v) is 10.7. The van der Waals surface area contributed by atoms with Crippen LogP contribution in [0.2, 0.25) is 0 Å². The molecule has 6 heteroatoms. The van der Waals surface area contributed by atoms with E-state index in [1.165, 1.54) is 12.8 Å². The van der Waals surface area contributed by atoms with Gasteiger partial charge in [0, 0.05) is 19.2 Å². The third-order valence-electron chi connectivity index (χ3n) is 3.25. The number of nitrogens with zero attached hydrogens (tertiary/aromatic N) is 1. The van der Waals surface area contributed by atoms with E-state index in [1.54, 1.807) is 0 Å². The van der Waals surface area contributed by atoms with Gasteiger partial charge in [-0.1, -0.05) is 6.42 Å². The maximum absolute atomic E-state index is 11.9. The molecule has 1 aliphatic heterocycles. The van der Waals surface area contributed by atoms with Crippen LogP contribution < -0.4 is 5.73 Å². The smallest absolute Gasteiger partial charge is 0.372 e. The van der Waals surface area contributed by atoms with Crippen molar-refractivity contribution in [3.63, 3.8) is 0 Å². The molecule has 1 saturated heterocycles. The fourth-order valence-electron chi connectivity index (χ4n) is 2.43. The van der Waals surface area contributed by atoms with Crippen molar-refractivity contribution in [3.8, 4) is 0 Å². The van der Waals surface area contributed by atoms with Crippen LogP contribution in [0, 0.1) is 0 Å². The molecule has 1 atom stereocenters. The van der Waals surface area contributed by atoms with Crippen LogP contribution in [0.1, 0.15) is 32.1 Å². The average molecular weight is 268 g/mol. The molecule has 108 valence electrons. The predicted octanol–water partition coefficient (Wildman–Crippen LogP) is 2.16. The lowest BCUT2D eigenvalue weighted by Crippen LogP contribution is -2.41. The second-order valence-electron chi connectivity index (χ2n) is 4.78. The normalized spacial score (nSPS) is 22.3. The van der Waals surface area contributed by atoms with Crippen LogP contribution in [0.25, 0.3) is 0 Å². The van der Waals surface area contributed by atoms with E-state index >= 15 is 0 Å². The van der Waals surface area contributed by atoms with E-state index in [0.29, 0.717) is 19.0 Å². The zero-order chi connectivity index (χ0) is 13.4. The van der Waals surface area contributed by atoms with Crippen molar-refractivity contribution in [1.82, 2.24) is 4.90 Å². The minimum atomic E-state index is -4.22. The molecular weight excluding hydrogens is 245 g/mol. The molecule has 3 nitrogen and oxygen atoms in total. The van der Waals surface area contributed by atoms with Crippen LogP contribution in [-0.4, -0.2) is 50.0 Å². The highest BCUT2D eigenvalue weighted by molar-refractivity contribution is 4.76. The van der Waals surface area contributed by atoms with Crippen LogP contribution in [0.5, 0.6) is 0 Å². The van der Waals surface area contributed by atoms with Gasteiger partial charge in [-0.3, -0.25) is 0 Å². The Labute approximate surface area is 106 Å². The number of ether oxygens (including phenoxy) is 1. The van der Waals surface area contributed by atoms with Gasteiger partial charge in [0.15, 0.2) is 0 Å². The Morgan fingerprint density at radius 3 is 2.72 bits per heavy atom. The van der Waals surface area contributed by atoms with Gasteiger partial charge < -0.3 is 15.4 Å². The number of halogens is 3. The summed E-state index contributed by atoms with van der Waals surface area (Å²) in [5.74, 6) is 0. The molecule has 0 aromatic rings. The Hall–Kier alpha value is -0.330. The van der Waals surface area contributed by atoms with Gasteiger partial charge in [-0.25, -0.2) is 0 Å². The summed E-state index contributed by atoms with van der Waals surface area (Å²) in [7, 11) is 0. The van der Waals surface area contributed by atoms with Crippen molar-refractivity contribution in [2.75, 3.05) is 32.8 Å². The van der Waals surface area contributed by atoms with Gasteiger partial charge in [-0.2, -0.15) is 13.2 Å². The summed E-state index contributed by atoms with van der Waals surface area (Å²) in [5.41, 5.74) is 5.57. The molecule has 18 heavy (non-hydrogen) atoms. The summed E-state index contributed by atoms with van der Waals surface area (Å²) in [6.07, 6.45) is 0.963. The highest BCUT2D eigenvalue weighted by Crippen LogP contribution is 2.19. The lowest BCUT2D eigenvalue weighted by atomic mass is 9.99. The fourth-order valence-corrected chi connectivity index (χ4v) is 2.43. The van der Waals surface area contributed by atoms with E-state index in [2.05, 4.69) is 9.64 Å². The van der Waals surface area contributed by atoms with Gasteiger partial charge in [0.1, 0.15) is 6.61 Å². The zero-order valence-electron chi connectivity index (χ0n) is 10.7. The Morgan fingerprint density at radius 2 is 2.06 bits per heavy atom. The van der Waals surface area contributed by atoms with E-state index in [0.717, 1.165) is 25.9 Å². The van der Waals surface area contributed by atoms with Gasteiger partial charge in [-0.15, -0.1) is 0 Å². The van der Waals surface area contributed by atoms with Gasteiger partial charge in [0.25, 0.3) is 0 Å². The SMILES string of the molecule is NCCC1CCCCN1CCCOCC(F)(F)F. The number of nitrogens with two attached hydrogens (primary N) is 1.